The van der Waals surface area contributed by atoms with Crippen LogP contribution in [0.2, 0.25) is 0 Å². The highest BCUT2D eigenvalue weighted by Crippen LogP contribution is 2.29. The number of para-hydroxylation sites is 1. The number of benzene rings is 2. The molecule has 3 rings (SSSR count). The van der Waals surface area contributed by atoms with Gasteiger partial charge < -0.3 is 10.2 Å². The maximum Gasteiger partial charge on any atom is 0.197 e. The van der Waals surface area contributed by atoms with Crippen LogP contribution in [0.15, 0.2) is 46.9 Å². The molecule has 0 fully saturated rings. The number of carbonyl (C=O) groups is 1. The van der Waals surface area contributed by atoms with Gasteiger partial charge in [0.15, 0.2) is 5.78 Å². The van der Waals surface area contributed by atoms with Crippen LogP contribution >= 0.6 is 0 Å². The topological polar surface area (TPSA) is 56.2 Å². The maximum absolute atomic E-state index is 12.8. The molecule has 3 heteroatoms. The molecule has 0 aliphatic heterocycles. The number of hydrogen-bond donors (Lipinski definition) is 1. The molecule has 3 nitrogen and oxygen atoms in total. The monoisotopic (exact) mass is 279 g/mol. The number of anilines is 1. The number of nitrogen functional groups attached to an aromatic ring is 1. The molecule has 0 aliphatic rings. The second-order valence-electron chi connectivity index (χ2n) is 5.15. The largest absolute Gasteiger partial charge is 0.460 e. The predicted octanol–water partition coefficient (Wildman–Crippen LogP) is 4.12. The van der Waals surface area contributed by atoms with Gasteiger partial charge in [0.1, 0.15) is 11.3 Å². The van der Waals surface area contributed by atoms with Crippen LogP contribution in [0.4, 0.5) is 5.69 Å². The molecule has 0 atom stereocenters. The minimum Gasteiger partial charge on any atom is -0.460 e. The van der Waals surface area contributed by atoms with E-state index in [4.69, 9.17) is 10.2 Å². The highest BCUT2D eigenvalue weighted by atomic mass is 16.3. The third-order valence-corrected chi connectivity index (χ3v) is 3.76. The zero-order valence-corrected chi connectivity index (χ0v) is 12.1. The van der Waals surface area contributed by atoms with Gasteiger partial charge in [0.25, 0.3) is 0 Å². The average Bonchev–Trinajstić information content (AvgIpc) is 2.87. The Bertz CT molecular complexity index is 830. The van der Waals surface area contributed by atoms with Crippen LogP contribution in [0.5, 0.6) is 0 Å². The van der Waals surface area contributed by atoms with Crippen LogP contribution < -0.4 is 5.73 Å². The first-order valence-electron chi connectivity index (χ1n) is 7.03. The van der Waals surface area contributed by atoms with Crippen molar-refractivity contribution >= 4 is 22.4 Å². The Balaban J connectivity index is 2.18. The van der Waals surface area contributed by atoms with Gasteiger partial charge in [0.2, 0.25) is 0 Å². The lowest BCUT2D eigenvalue weighted by molar-refractivity contribution is 0.103. The predicted molar refractivity (Wildman–Crippen MR) is 84.6 cm³/mol. The minimum atomic E-state index is -0.0384. The molecule has 3 aromatic rings. The Labute approximate surface area is 123 Å². The van der Waals surface area contributed by atoms with E-state index in [9.17, 15) is 4.79 Å². The molecular weight excluding hydrogens is 262 g/mol. The summed E-state index contributed by atoms with van der Waals surface area (Å²) < 4.78 is 5.79. The van der Waals surface area contributed by atoms with Crippen molar-refractivity contribution in [1.29, 1.82) is 0 Å². The van der Waals surface area contributed by atoms with E-state index in [2.05, 4.69) is 0 Å². The molecule has 0 bridgehead atoms. The molecule has 106 valence electrons. The summed E-state index contributed by atoms with van der Waals surface area (Å²) in [6.45, 7) is 3.91. The molecule has 0 amide bonds. The Morgan fingerprint density at radius 3 is 2.67 bits per heavy atom. The van der Waals surface area contributed by atoms with E-state index in [0.717, 1.165) is 22.3 Å². The number of carbonyl (C=O) groups excluding carboxylic acids is 1. The number of rotatable bonds is 3. The van der Waals surface area contributed by atoms with Gasteiger partial charge in [-0.25, -0.2) is 0 Å². The number of aryl methyl sites for hydroxylation is 2. The van der Waals surface area contributed by atoms with Gasteiger partial charge in [-0.15, -0.1) is 0 Å². The molecule has 0 radical (unpaired) electrons. The molecular formula is C18H17NO2. The molecule has 0 unspecified atom stereocenters. The van der Waals surface area contributed by atoms with Crippen LogP contribution in [0.25, 0.3) is 11.0 Å². The van der Waals surface area contributed by atoms with E-state index >= 15 is 0 Å². The van der Waals surface area contributed by atoms with Crippen molar-refractivity contribution < 1.29 is 9.21 Å². The maximum atomic E-state index is 12.8. The van der Waals surface area contributed by atoms with Crippen molar-refractivity contribution in [2.75, 3.05) is 5.73 Å². The van der Waals surface area contributed by atoms with E-state index < -0.39 is 0 Å². The SMILES string of the molecule is CCc1oc2ccccc2c1C(=O)c1ccc(C)c(N)c1. The fourth-order valence-corrected chi connectivity index (χ4v) is 2.52. The van der Waals surface area contributed by atoms with Crippen molar-refractivity contribution in [3.63, 3.8) is 0 Å². The molecule has 2 N–H and O–H groups in total. The summed E-state index contributed by atoms with van der Waals surface area (Å²) in [6.07, 6.45) is 0.678. The molecule has 0 saturated carbocycles. The average molecular weight is 279 g/mol. The third kappa shape index (κ3) is 2.21. The highest BCUT2D eigenvalue weighted by Gasteiger charge is 2.21. The van der Waals surface area contributed by atoms with Gasteiger partial charge in [-0.05, 0) is 24.6 Å². The second kappa shape index (κ2) is 5.09. The Kier molecular flexibility index (Phi) is 3.26. The van der Waals surface area contributed by atoms with E-state index in [1.165, 1.54) is 0 Å². The van der Waals surface area contributed by atoms with Crippen molar-refractivity contribution in [2.45, 2.75) is 20.3 Å². The standard InChI is InChI=1S/C18H17NO2/c1-3-15-17(13-6-4-5-7-16(13)21-15)18(20)12-9-8-11(2)14(19)10-12/h4-10H,3,19H2,1-2H3. The van der Waals surface area contributed by atoms with Crippen molar-refractivity contribution in [3.05, 3.63) is 64.9 Å². The first-order chi connectivity index (χ1) is 10.1. The molecule has 0 saturated heterocycles. The van der Waals surface area contributed by atoms with Crippen LogP contribution in [0.3, 0.4) is 0 Å². The lowest BCUT2D eigenvalue weighted by Gasteiger charge is -2.05. The van der Waals surface area contributed by atoms with Crippen LogP contribution in [-0.2, 0) is 6.42 Å². The first-order valence-corrected chi connectivity index (χ1v) is 7.03. The van der Waals surface area contributed by atoms with Gasteiger partial charge >= 0.3 is 0 Å². The number of hydrogen-bond acceptors (Lipinski definition) is 3. The van der Waals surface area contributed by atoms with Crippen LogP contribution in [0.1, 0.15) is 34.2 Å². The van der Waals surface area contributed by atoms with Gasteiger partial charge in [-0.1, -0.05) is 37.3 Å². The van der Waals surface area contributed by atoms with Gasteiger partial charge in [0, 0.05) is 23.1 Å². The summed E-state index contributed by atoms with van der Waals surface area (Å²) >= 11 is 0. The quantitative estimate of drug-likeness (QED) is 0.579. The summed E-state index contributed by atoms with van der Waals surface area (Å²) in [4.78, 5) is 12.8. The third-order valence-electron chi connectivity index (χ3n) is 3.76. The first kappa shape index (κ1) is 13.4. The Morgan fingerprint density at radius 1 is 1.19 bits per heavy atom. The number of ketones is 1. The summed E-state index contributed by atoms with van der Waals surface area (Å²) in [6, 6.07) is 13.0. The van der Waals surface area contributed by atoms with Crippen LogP contribution in [-0.4, -0.2) is 5.78 Å². The summed E-state index contributed by atoms with van der Waals surface area (Å²) in [5.74, 6) is 0.684. The fourth-order valence-electron chi connectivity index (χ4n) is 2.52. The number of nitrogens with two attached hydrogens (primary N) is 1. The molecule has 0 spiro atoms. The highest BCUT2D eigenvalue weighted by molar-refractivity contribution is 6.17. The summed E-state index contributed by atoms with van der Waals surface area (Å²) in [5.41, 5.74) is 9.52. The Morgan fingerprint density at radius 2 is 1.95 bits per heavy atom. The molecule has 2 aromatic carbocycles. The molecule has 1 aromatic heterocycles. The lowest BCUT2D eigenvalue weighted by Crippen LogP contribution is -2.04. The fraction of sp³-hybridized carbons (Fsp3) is 0.167. The Hall–Kier alpha value is -2.55. The zero-order chi connectivity index (χ0) is 15.0. The lowest BCUT2D eigenvalue weighted by atomic mass is 9.98. The van der Waals surface area contributed by atoms with E-state index in [1.54, 1.807) is 6.07 Å². The number of fused-ring (bicyclic) bond motifs is 1. The smallest absolute Gasteiger partial charge is 0.197 e. The zero-order valence-electron chi connectivity index (χ0n) is 12.1. The van der Waals surface area contributed by atoms with Crippen molar-refractivity contribution in [3.8, 4) is 0 Å². The molecule has 1 heterocycles. The van der Waals surface area contributed by atoms with Gasteiger partial charge in [-0.2, -0.15) is 0 Å². The van der Waals surface area contributed by atoms with E-state index in [1.807, 2.05) is 50.2 Å². The molecule has 0 aliphatic carbocycles. The summed E-state index contributed by atoms with van der Waals surface area (Å²) in [7, 11) is 0. The molecule has 21 heavy (non-hydrogen) atoms. The normalized spacial score (nSPS) is 11.0. The van der Waals surface area contributed by atoms with Gasteiger partial charge in [0.05, 0.1) is 5.56 Å². The summed E-state index contributed by atoms with van der Waals surface area (Å²) in [5, 5.41) is 0.860. The van der Waals surface area contributed by atoms with Crippen LogP contribution in [0, 0.1) is 6.92 Å². The minimum absolute atomic E-state index is 0.0384. The van der Waals surface area contributed by atoms with Crippen molar-refractivity contribution in [1.82, 2.24) is 0 Å². The van der Waals surface area contributed by atoms with Gasteiger partial charge in [-0.3, -0.25) is 4.79 Å². The van der Waals surface area contributed by atoms with E-state index in [-0.39, 0.29) is 5.78 Å². The van der Waals surface area contributed by atoms with E-state index in [0.29, 0.717) is 23.2 Å². The second-order valence-corrected chi connectivity index (χ2v) is 5.15. The number of furan rings is 1. The van der Waals surface area contributed by atoms with Crippen molar-refractivity contribution in [2.24, 2.45) is 0 Å².